The third-order valence-corrected chi connectivity index (χ3v) is 14.5. The molecule has 12 rings (SSSR count). The molecule has 10 aromatic carbocycles. The number of hydrogen-bond donors (Lipinski definition) is 0. The quantitative estimate of drug-likeness (QED) is 0.147. The van der Waals surface area contributed by atoms with Gasteiger partial charge in [0.15, 0.2) is 5.69 Å². The summed E-state index contributed by atoms with van der Waals surface area (Å²) >= 11 is 0. The van der Waals surface area contributed by atoms with Crippen molar-refractivity contribution in [3.63, 3.8) is 0 Å². The topological polar surface area (TPSA) is 38.0 Å². The van der Waals surface area contributed by atoms with Crippen LogP contribution in [-0.2, 0) is 6.18 Å². The Bertz CT molecular complexity index is 4110. The van der Waals surface area contributed by atoms with Gasteiger partial charge in [-0.3, -0.25) is 0 Å². The van der Waals surface area contributed by atoms with Gasteiger partial charge in [0.05, 0.1) is 57.2 Å². The minimum atomic E-state index is -4.83. The van der Waals surface area contributed by atoms with Crippen molar-refractivity contribution in [1.82, 2.24) is 9.13 Å². The Morgan fingerprint density at radius 2 is 0.716 bits per heavy atom. The van der Waals surface area contributed by atoms with Crippen molar-refractivity contribution in [2.24, 2.45) is 0 Å². The van der Waals surface area contributed by atoms with Crippen molar-refractivity contribution in [2.45, 2.75) is 33.9 Å². The number of alkyl halides is 3. The molecule has 0 bridgehead atoms. The summed E-state index contributed by atoms with van der Waals surface area (Å²) in [5.74, 6) is 0. The van der Waals surface area contributed by atoms with E-state index in [1.807, 2.05) is 6.07 Å². The maximum atomic E-state index is 15.3. The summed E-state index contributed by atoms with van der Waals surface area (Å²) in [4.78, 5) is 4.01. The molecule has 7 heteroatoms. The smallest absolute Gasteiger partial charge is 0.308 e. The summed E-state index contributed by atoms with van der Waals surface area (Å²) in [6, 6.07) is 68.4. The van der Waals surface area contributed by atoms with Gasteiger partial charge in [-0.25, -0.2) is 4.85 Å². The van der Waals surface area contributed by atoms with E-state index in [2.05, 4.69) is 212 Å². The summed E-state index contributed by atoms with van der Waals surface area (Å²) in [5, 5.41) is 13.7. The molecule has 0 spiro atoms. The summed E-state index contributed by atoms with van der Waals surface area (Å²) in [5.41, 5.74) is 16.4. The van der Waals surface area contributed by atoms with Gasteiger partial charge in [0.1, 0.15) is 0 Å². The van der Waals surface area contributed by atoms with Crippen LogP contribution in [0.4, 0.5) is 18.9 Å². The number of hydrogen-bond acceptors (Lipinski definition) is 1. The number of aryl methyl sites for hydroxylation is 4. The first-order chi connectivity index (χ1) is 35.8. The lowest BCUT2D eigenvalue weighted by molar-refractivity contribution is -0.137. The molecule has 0 amide bonds. The van der Waals surface area contributed by atoms with E-state index in [1.165, 1.54) is 12.1 Å². The lowest BCUT2D eigenvalue weighted by Gasteiger charge is -2.21. The van der Waals surface area contributed by atoms with Gasteiger partial charge in [-0.15, -0.1) is 0 Å². The molecule has 0 saturated heterocycles. The minimum absolute atomic E-state index is 0.0330. The third kappa shape index (κ3) is 7.87. The molecule has 12 aromatic rings. The van der Waals surface area contributed by atoms with Crippen LogP contribution in [-0.4, -0.2) is 9.13 Å². The van der Waals surface area contributed by atoms with E-state index in [-0.39, 0.29) is 22.4 Å². The first-order valence-electron chi connectivity index (χ1n) is 24.5. The number of nitriles is 1. The van der Waals surface area contributed by atoms with Gasteiger partial charge in [-0.1, -0.05) is 150 Å². The van der Waals surface area contributed by atoms with Crippen LogP contribution >= 0.6 is 0 Å². The Labute approximate surface area is 426 Å². The molecule has 0 atom stereocenters. The summed E-state index contributed by atoms with van der Waals surface area (Å²) in [6.07, 6.45) is -4.83. The summed E-state index contributed by atoms with van der Waals surface area (Å²) in [7, 11) is 0. The summed E-state index contributed by atoms with van der Waals surface area (Å²) in [6.45, 7) is 17.0. The Morgan fingerprint density at radius 1 is 0.392 bits per heavy atom. The van der Waals surface area contributed by atoms with Crippen LogP contribution in [0.1, 0.15) is 33.4 Å². The molecular formula is C67H45F3N4. The number of rotatable bonds is 7. The van der Waals surface area contributed by atoms with Crippen LogP contribution in [0.25, 0.3) is 115 Å². The van der Waals surface area contributed by atoms with Crippen LogP contribution in [0.3, 0.4) is 0 Å². The van der Waals surface area contributed by atoms with E-state index in [0.717, 1.165) is 116 Å². The largest absolute Gasteiger partial charge is 0.417 e. The van der Waals surface area contributed by atoms with Crippen LogP contribution in [0.2, 0.25) is 0 Å². The Balaban J connectivity index is 1.22. The first kappa shape index (κ1) is 45.7. The predicted octanol–water partition coefficient (Wildman–Crippen LogP) is 18.9. The Hall–Kier alpha value is -9.43. The van der Waals surface area contributed by atoms with Crippen LogP contribution in [0.5, 0.6) is 0 Å². The monoisotopic (exact) mass is 962 g/mol. The SMILES string of the molecule is [C-]#[N+]c1cc(-n2c3ccc(-c4ccc(C)cc4)cc3c3cc(-c4ccc(C)cc4)ccc32)c(-n2c3ccc(-c4ccc(C)cc4)cc3c3cc(-c4ccc(C)cc4)ccc32)cc1-c1ccc(C#N)cc1C(F)(F)F. The van der Waals surface area contributed by atoms with Crippen molar-refractivity contribution >= 4 is 49.3 Å². The third-order valence-electron chi connectivity index (χ3n) is 14.5. The first-order valence-corrected chi connectivity index (χ1v) is 24.5. The maximum absolute atomic E-state index is 15.3. The maximum Gasteiger partial charge on any atom is 0.417 e. The molecule has 0 radical (unpaired) electrons. The number of fused-ring (bicyclic) bond motifs is 6. The molecule has 4 nitrogen and oxygen atoms in total. The van der Waals surface area contributed by atoms with E-state index >= 15 is 13.2 Å². The zero-order valence-corrected chi connectivity index (χ0v) is 41.0. The van der Waals surface area contributed by atoms with Gasteiger partial charge in [0.2, 0.25) is 0 Å². The van der Waals surface area contributed by atoms with Crippen molar-refractivity contribution in [2.75, 3.05) is 0 Å². The molecule has 354 valence electrons. The molecule has 0 N–H and O–H groups in total. The van der Waals surface area contributed by atoms with E-state index < -0.39 is 11.7 Å². The van der Waals surface area contributed by atoms with E-state index in [9.17, 15) is 5.26 Å². The second-order valence-electron chi connectivity index (χ2n) is 19.4. The average molecular weight is 963 g/mol. The number of aromatic nitrogens is 2. The van der Waals surface area contributed by atoms with Crippen molar-refractivity contribution in [3.8, 4) is 73.1 Å². The fourth-order valence-electron chi connectivity index (χ4n) is 10.6. The molecule has 0 aliphatic rings. The van der Waals surface area contributed by atoms with Crippen LogP contribution in [0, 0.1) is 45.6 Å². The molecule has 0 fully saturated rings. The molecule has 0 aliphatic heterocycles. The second kappa shape index (κ2) is 17.7. The van der Waals surface area contributed by atoms with Gasteiger partial charge >= 0.3 is 6.18 Å². The number of halogens is 3. The molecular weight excluding hydrogens is 918 g/mol. The number of benzene rings is 10. The highest BCUT2D eigenvalue weighted by molar-refractivity contribution is 6.14. The zero-order chi connectivity index (χ0) is 51.0. The molecule has 74 heavy (non-hydrogen) atoms. The predicted molar refractivity (Wildman–Crippen MR) is 297 cm³/mol. The van der Waals surface area contributed by atoms with E-state index in [0.29, 0.717) is 11.4 Å². The normalized spacial score (nSPS) is 11.7. The lowest BCUT2D eigenvalue weighted by Crippen LogP contribution is -2.09. The highest BCUT2D eigenvalue weighted by Gasteiger charge is 2.35. The van der Waals surface area contributed by atoms with E-state index in [1.54, 1.807) is 12.1 Å². The molecule has 0 unspecified atom stereocenters. The van der Waals surface area contributed by atoms with Crippen molar-refractivity contribution in [1.29, 1.82) is 5.26 Å². The van der Waals surface area contributed by atoms with Crippen LogP contribution in [0.15, 0.2) is 200 Å². The molecule has 2 heterocycles. The molecule has 0 saturated carbocycles. The second-order valence-corrected chi connectivity index (χ2v) is 19.4. The Kier molecular flexibility index (Phi) is 10.9. The highest BCUT2D eigenvalue weighted by Crippen LogP contribution is 2.48. The standard InChI is InChI=1S/C67H45F3N4/c1-40-6-15-45(16-7-40)49-23-28-61-55(33-49)56-34-50(46-17-8-41(2)9-18-46)24-29-62(56)73(61)65-37-54(53-27-14-44(39-71)32-59(53)67(68,69)70)60(72-5)38-66(65)74-63-30-25-51(47-19-10-42(3)11-20-47)35-57(63)58-36-52(26-31-64(58)74)48-21-12-43(4)13-22-48/h6-38H,1-4H3. The van der Waals surface area contributed by atoms with Crippen molar-refractivity contribution in [3.05, 3.63) is 245 Å². The minimum Gasteiger partial charge on any atom is -0.308 e. The fraction of sp³-hybridized carbons (Fsp3) is 0.0746. The molecule has 0 aliphatic carbocycles. The van der Waals surface area contributed by atoms with Gasteiger partial charge in [-0.2, -0.15) is 18.4 Å². The molecule has 2 aromatic heterocycles. The van der Waals surface area contributed by atoms with Crippen molar-refractivity contribution < 1.29 is 13.2 Å². The Morgan fingerprint density at radius 3 is 1.03 bits per heavy atom. The summed E-state index contributed by atoms with van der Waals surface area (Å²) < 4.78 is 50.2. The highest BCUT2D eigenvalue weighted by atomic mass is 19.4. The fourth-order valence-corrected chi connectivity index (χ4v) is 10.6. The lowest BCUT2D eigenvalue weighted by atomic mass is 9.94. The van der Waals surface area contributed by atoms with Crippen LogP contribution < -0.4 is 0 Å². The van der Waals surface area contributed by atoms with Gasteiger partial charge in [0, 0.05) is 21.5 Å². The van der Waals surface area contributed by atoms with Gasteiger partial charge < -0.3 is 9.13 Å². The van der Waals surface area contributed by atoms with Gasteiger partial charge in [0.25, 0.3) is 0 Å². The van der Waals surface area contributed by atoms with E-state index in [4.69, 9.17) is 6.57 Å². The number of nitrogens with zero attached hydrogens (tertiary/aromatic N) is 4. The zero-order valence-electron chi connectivity index (χ0n) is 41.0. The van der Waals surface area contributed by atoms with Gasteiger partial charge in [-0.05, 0) is 156 Å². The average Bonchev–Trinajstić information content (AvgIpc) is 3.93.